The van der Waals surface area contributed by atoms with E-state index in [0.29, 0.717) is 38.5 Å². The summed E-state index contributed by atoms with van der Waals surface area (Å²) in [5.74, 6) is 0.310. The van der Waals surface area contributed by atoms with Crippen LogP contribution in [-0.4, -0.2) is 54.8 Å². The molecule has 1 aliphatic heterocycles. The fourth-order valence-corrected chi connectivity index (χ4v) is 1.74. The molecule has 0 aromatic heterocycles. The van der Waals surface area contributed by atoms with Gasteiger partial charge in [0.15, 0.2) is 0 Å². The van der Waals surface area contributed by atoms with Crippen molar-refractivity contribution in [2.45, 2.75) is 19.4 Å². The lowest BCUT2D eigenvalue weighted by molar-refractivity contribution is -0.139. The van der Waals surface area contributed by atoms with E-state index in [0.717, 1.165) is 0 Å². The zero-order valence-electron chi connectivity index (χ0n) is 9.44. The van der Waals surface area contributed by atoms with Gasteiger partial charge in [-0.2, -0.15) is 12.6 Å². The summed E-state index contributed by atoms with van der Waals surface area (Å²) in [6.45, 7) is 4.05. The van der Waals surface area contributed by atoms with E-state index in [1.807, 2.05) is 0 Å². The number of carbonyl (C=O) groups is 2. The Kier molecular flexibility index (Phi) is 5.62. The third-order valence-corrected chi connectivity index (χ3v) is 2.63. The van der Waals surface area contributed by atoms with E-state index in [1.165, 1.54) is 0 Å². The number of nitrogens with one attached hydrogen (secondary N) is 1. The Morgan fingerprint density at radius 2 is 2.06 bits per heavy atom. The zero-order valence-corrected chi connectivity index (χ0v) is 10.3. The summed E-state index contributed by atoms with van der Waals surface area (Å²) < 4.78 is 5.16. The van der Waals surface area contributed by atoms with Crippen LogP contribution in [0.5, 0.6) is 0 Å². The highest BCUT2D eigenvalue weighted by Crippen LogP contribution is 2.00. The molecule has 6 heteroatoms. The van der Waals surface area contributed by atoms with Gasteiger partial charge < -0.3 is 15.0 Å². The molecule has 1 heterocycles. The third kappa shape index (κ3) is 4.02. The standard InChI is InChI=1S/C10H18N2O3S/c1-8(11-9(13)2-7-16)10(14)12-3-5-15-6-4-12/h8,16H,2-7H2,1H3,(H,11,13). The Bertz CT molecular complexity index is 254. The maximum absolute atomic E-state index is 11.9. The lowest BCUT2D eigenvalue weighted by atomic mass is 10.2. The molecule has 0 bridgehead atoms. The number of carbonyl (C=O) groups excluding carboxylic acids is 2. The normalized spacial score (nSPS) is 18.0. The van der Waals surface area contributed by atoms with Crippen molar-refractivity contribution >= 4 is 24.4 Å². The minimum atomic E-state index is -0.467. The first-order valence-electron chi connectivity index (χ1n) is 5.42. The second kappa shape index (κ2) is 6.75. The van der Waals surface area contributed by atoms with Gasteiger partial charge in [0.25, 0.3) is 0 Å². The predicted molar refractivity (Wildman–Crippen MR) is 63.5 cm³/mol. The minimum absolute atomic E-state index is 0.0455. The molecule has 1 unspecified atom stereocenters. The van der Waals surface area contributed by atoms with Gasteiger partial charge in [-0.3, -0.25) is 9.59 Å². The van der Waals surface area contributed by atoms with Crippen molar-refractivity contribution in [2.75, 3.05) is 32.1 Å². The second-order valence-electron chi connectivity index (χ2n) is 3.70. The molecule has 16 heavy (non-hydrogen) atoms. The quantitative estimate of drug-likeness (QED) is 0.668. The summed E-state index contributed by atoms with van der Waals surface area (Å²) in [5.41, 5.74) is 0. The van der Waals surface area contributed by atoms with E-state index >= 15 is 0 Å². The van der Waals surface area contributed by atoms with E-state index in [2.05, 4.69) is 17.9 Å². The topological polar surface area (TPSA) is 58.6 Å². The molecule has 0 spiro atoms. The third-order valence-electron chi connectivity index (χ3n) is 2.41. The van der Waals surface area contributed by atoms with Gasteiger partial charge in [-0.25, -0.2) is 0 Å². The van der Waals surface area contributed by atoms with Gasteiger partial charge in [0.2, 0.25) is 11.8 Å². The van der Waals surface area contributed by atoms with E-state index in [4.69, 9.17) is 4.74 Å². The lowest BCUT2D eigenvalue weighted by Gasteiger charge is -2.29. The molecule has 0 radical (unpaired) electrons. The summed E-state index contributed by atoms with van der Waals surface area (Å²) in [6.07, 6.45) is 0.337. The van der Waals surface area contributed by atoms with Crippen LogP contribution >= 0.6 is 12.6 Å². The van der Waals surface area contributed by atoms with E-state index in [9.17, 15) is 9.59 Å². The lowest BCUT2D eigenvalue weighted by Crippen LogP contribution is -2.50. The summed E-state index contributed by atoms with van der Waals surface area (Å²) in [6, 6.07) is -0.467. The molecule has 1 fully saturated rings. The highest BCUT2D eigenvalue weighted by atomic mass is 32.1. The maximum atomic E-state index is 11.9. The van der Waals surface area contributed by atoms with Gasteiger partial charge in [0, 0.05) is 19.5 Å². The maximum Gasteiger partial charge on any atom is 0.245 e. The largest absolute Gasteiger partial charge is 0.378 e. The number of hydrogen-bond donors (Lipinski definition) is 2. The number of nitrogens with zero attached hydrogens (tertiary/aromatic N) is 1. The molecule has 1 aliphatic rings. The van der Waals surface area contributed by atoms with Crippen LogP contribution in [0.2, 0.25) is 0 Å². The minimum Gasteiger partial charge on any atom is -0.378 e. The molecule has 0 aliphatic carbocycles. The summed E-state index contributed by atoms with van der Waals surface area (Å²) in [7, 11) is 0. The number of thiol groups is 1. The molecule has 2 amide bonds. The summed E-state index contributed by atoms with van der Waals surface area (Å²) >= 11 is 3.96. The average molecular weight is 246 g/mol. The van der Waals surface area contributed by atoms with E-state index in [1.54, 1.807) is 11.8 Å². The van der Waals surface area contributed by atoms with Gasteiger partial charge in [-0.15, -0.1) is 0 Å². The van der Waals surface area contributed by atoms with Gasteiger partial charge in [-0.05, 0) is 12.7 Å². The van der Waals surface area contributed by atoms with Gasteiger partial charge in [0.05, 0.1) is 13.2 Å². The molecule has 1 saturated heterocycles. The van der Waals surface area contributed by atoms with Crippen LogP contribution in [0, 0.1) is 0 Å². The van der Waals surface area contributed by atoms with Crippen LogP contribution in [0.3, 0.4) is 0 Å². The highest BCUT2D eigenvalue weighted by molar-refractivity contribution is 7.80. The van der Waals surface area contributed by atoms with Crippen LogP contribution in [0.25, 0.3) is 0 Å². The van der Waals surface area contributed by atoms with Crippen LogP contribution in [0.4, 0.5) is 0 Å². The summed E-state index contributed by atoms with van der Waals surface area (Å²) in [5, 5.41) is 2.66. The monoisotopic (exact) mass is 246 g/mol. The van der Waals surface area contributed by atoms with Crippen LogP contribution in [0.15, 0.2) is 0 Å². The Morgan fingerprint density at radius 3 is 2.62 bits per heavy atom. The van der Waals surface area contributed by atoms with Crippen LogP contribution in [0.1, 0.15) is 13.3 Å². The molecule has 1 atom stereocenters. The van der Waals surface area contributed by atoms with Gasteiger partial charge >= 0.3 is 0 Å². The fraction of sp³-hybridized carbons (Fsp3) is 0.800. The number of rotatable bonds is 4. The van der Waals surface area contributed by atoms with Gasteiger partial charge in [-0.1, -0.05) is 0 Å². The van der Waals surface area contributed by atoms with E-state index in [-0.39, 0.29) is 11.8 Å². The van der Waals surface area contributed by atoms with Crippen molar-refractivity contribution < 1.29 is 14.3 Å². The molecule has 1 rings (SSSR count). The number of morpholine rings is 1. The Morgan fingerprint density at radius 1 is 1.44 bits per heavy atom. The van der Waals surface area contributed by atoms with Crippen molar-refractivity contribution in [3.63, 3.8) is 0 Å². The van der Waals surface area contributed by atoms with Gasteiger partial charge in [0.1, 0.15) is 6.04 Å². The average Bonchev–Trinajstić information content (AvgIpc) is 2.29. The smallest absolute Gasteiger partial charge is 0.245 e. The Balaban J connectivity index is 2.37. The molecular formula is C10H18N2O3S. The number of ether oxygens (including phenoxy) is 1. The predicted octanol–water partition coefficient (Wildman–Crippen LogP) is -0.330. The molecule has 0 aromatic rings. The van der Waals surface area contributed by atoms with Crippen molar-refractivity contribution in [1.82, 2.24) is 10.2 Å². The molecule has 0 saturated carbocycles. The van der Waals surface area contributed by atoms with Crippen molar-refractivity contribution in [3.05, 3.63) is 0 Å². The first-order chi connectivity index (χ1) is 7.65. The summed E-state index contributed by atoms with van der Waals surface area (Å²) in [4.78, 5) is 24.9. The second-order valence-corrected chi connectivity index (χ2v) is 4.15. The fourth-order valence-electron chi connectivity index (χ4n) is 1.53. The molecular weight excluding hydrogens is 228 g/mol. The molecule has 0 aromatic carbocycles. The van der Waals surface area contributed by atoms with Crippen molar-refractivity contribution in [1.29, 1.82) is 0 Å². The Labute approximate surface area is 101 Å². The van der Waals surface area contributed by atoms with E-state index < -0.39 is 6.04 Å². The Hall–Kier alpha value is -0.750. The van der Waals surface area contributed by atoms with Crippen molar-refractivity contribution in [3.8, 4) is 0 Å². The molecule has 92 valence electrons. The van der Waals surface area contributed by atoms with Crippen molar-refractivity contribution in [2.24, 2.45) is 0 Å². The van der Waals surface area contributed by atoms with Crippen LogP contribution in [-0.2, 0) is 14.3 Å². The first kappa shape index (κ1) is 13.3. The SMILES string of the molecule is CC(NC(=O)CCS)C(=O)N1CCOCC1. The first-order valence-corrected chi connectivity index (χ1v) is 6.05. The zero-order chi connectivity index (χ0) is 12.0. The number of amides is 2. The van der Waals surface area contributed by atoms with Crippen LogP contribution < -0.4 is 5.32 Å². The molecule has 1 N–H and O–H groups in total. The molecule has 5 nitrogen and oxygen atoms in total. The number of hydrogen-bond acceptors (Lipinski definition) is 4. The highest BCUT2D eigenvalue weighted by Gasteiger charge is 2.23.